The fourth-order valence-electron chi connectivity index (χ4n) is 2.91. The summed E-state index contributed by atoms with van der Waals surface area (Å²) in [5.74, 6) is 1.31. The van der Waals surface area contributed by atoms with Gasteiger partial charge in [-0.3, -0.25) is 4.90 Å². The molecule has 2 rings (SSSR count). The Morgan fingerprint density at radius 1 is 1.43 bits per heavy atom. The zero-order valence-corrected chi connectivity index (χ0v) is 13.5. The van der Waals surface area contributed by atoms with Crippen LogP contribution >= 0.6 is 0 Å². The first-order valence-corrected chi connectivity index (χ1v) is 9.14. The highest BCUT2D eigenvalue weighted by Gasteiger charge is 2.34. The number of likely N-dealkylation sites (N-methyl/N-ethyl adjacent to an activating group) is 1. The Morgan fingerprint density at radius 3 is 2.71 bits per heavy atom. The van der Waals surface area contributed by atoms with Crippen molar-refractivity contribution >= 4 is 9.84 Å². The number of ether oxygens (including phenoxy) is 1. The second kappa shape index (κ2) is 6.77. The van der Waals surface area contributed by atoms with Gasteiger partial charge in [-0.05, 0) is 26.5 Å². The van der Waals surface area contributed by atoms with Crippen LogP contribution in [-0.4, -0.2) is 51.1 Å². The second-order valence-electron chi connectivity index (χ2n) is 5.44. The lowest BCUT2D eigenvalue weighted by atomic mass is 10.0. The van der Waals surface area contributed by atoms with E-state index in [4.69, 9.17) is 10.5 Å². The van der Waals surface area contributed by atoms with E-state index >= 15 is 0 Å². The molecule has 1 aliphatic heterocycles. The summed E-state index contributed by atoms with van der Waals surface area (Å²) >= 11 is 0. The topological polar surface area (TPSA) is 72.6 Å². The Balaban J connectivity index is 2.23. The van der Waals surface area contributed by atoms with Gasteiger partial charge in [-0.2, -0.15) is 0 Å². The molecule has 118 valence electrons. The fraction of sp³-hybridized carbons (Fsp3) is 0.600. The molecule has 0 saturated carbocycles. The Bertz CT molecular complexity index is 574. The molecule has 0 amide bonds. The third kappa shape index (κ3) is 3.75. The molecule has 0 aliphatic carbocycles. The standard InChI is InChI=1S/C15H24N2O3S/c1-3-20-15-7-5-4-6-13(15)14(10-16)17(2)12-8-9-21(18,19)11-12/h4-7,12,14H,3,8-11,16H2,1-2H3. The molecule has 1 saturated heterocycles. The summed E-state index contributed by atoms with van der Waals surface area (Å²) in [4.78, 5) is 2.09. The van der Waals surface area contributed by atoms with Gasteiger partial charge < -0.3 is 10.5 Å². The van der Waals surface area contributed by atoms with Gasteiger partial charge in [0.15, 0.2) is 9.84 Å². The molecule has 0 bridgehead atoms. The zero-order chi connectivity index (χ0) is 15.5. The van der Waals surface area contributed by atoms with Crippen molar-refractivity contribution in [1.82, 2.24) is 4.90 Å². The van der Waals surface area contributed by atoms with E-state index in [1.54, 1.807) is 0 Å². The minimum Gasteiger partial charge on any atom is -0.494 e. The van der Waals surface area contributed by atoms with Crippen LogP contribution in [0.3, 0.4) is 0 Å². The summed E-state index contributed by atoms with van der Waals surface area (Å²) in [6.07, 6.45) is 0.673. The number of benzene rings is 1. The van der Waals surface area contributed by atoms with E-state index in [0.29, 0.717) is 19.6 Å². The van der Waals surface area contributed by atoms with Crippen LogP contribution in [0.1, 0.15) is 24.9 Å². The van der Waals surface area contributed by atoms with Gasteiger partial charge in [0.1, 0.15) is 5.75 Å². The van der Waals surface area contributed by atoms with Gasteiger partial charge in [0.25, 0.3) is 0 Å². The molecule has 1 aromatic rings. The molecular weight excluding hydrogens is 288 g/mol. The van der Waals surface area contributed by atoms with Crippen molar-refractivity contribution in [3.05, 3.63) is 29.8 Å². The lowest BCUT2D eigenvalue weighted by Crippen LogP contribution is -2.39. The van der Waals surface area contributed by atoms with E-state index in [0.717, 1.165) is 11.3 Å². The van der Waals surface area contributed by atoms with Gasteiger partial charge >= 0.3 is 0 Å². The van der Waals surface area contributed by atoms with Crippen LogP contribution in [0.5, 0.6) is 5.75 Å². The maximum absolute atomic E-state index is 11.7. The van der Waals surface area contributed by atoms with Crippen molar-refractivity contribution in [2.45, 2.75) is 25.4 Å². The summed E-state index contributed by atoms with van der Waals surface area (Å²) in [7, 11) is -0.948. The van der Waals surface area contributed by atoms with Gasteiger partial charge in [0.05, 0.1) is 24.2 Å². The maximum atomic E-state index is 11.7. The number of hydrogen-bond acceptors (Lipinski definition) is 5. The van der Waals surface area contributed by atoms with Crippen LogP contribution in [0.25, 0.3) is 0 Å². The van der Waals surface area contributed by atoms with Crippen molar-refractivity contribution < 1.29 is 13.2 Å². The highest BCUT2D eigenvalue weighted by Crippen LogP contribution is 2.31. The summed E-state index contributed by atoms with van der Waals surface area (Å²) in [6.45, 7) is 2.97. The summed E-state index contributed by atoms with van der Waals surface area (Å²) in [6, 6.07) is 7.81. The molecule has 1 aromatic carbocycles. The van der Waals surface area contributed by atoms with E-state index in [1.807, 2.05) is 38.2 Å². The molecule has 0 radical (unpaired) electrons. The number of nitrogens with zero attached hydrogens (tertiary/aromatic N) is 1. The van der Waals surface area contributed by atoms with Crippen molar-refractivity contribution in [1.29, 1.82) is 0 Å². The minimum absolute atomic E-state index is 0.0261. The monoisotopic (exact) mass is 312 g/mol. The third-order valence-electron chi connectivity index (χ3n) is 4.08. The number of nitrogens with two attached hydrogens (primary N) is 1. The van der Waals surface area contributed by atoms with Crippen molar-refractivity contribution in [3.63, 3.8) is 0 Å². The predicted octanol–water partition coefficient (Wildman–Crippen LogP) is 1.20. The van der Waals surface area contributed by atoms with E-state index in [1.165, 1.54) is 0 Å². The van der Waals surface area contributed by atoms with Crippen LogP contribution < -0.4 is 10.5 Å². The Kier molecular flexibility index (Phi) is 5.24. The highest BCUT2D eigenvalue weighted by molar-refractivity contribution is 7.91. The van der Waals surface area contributed by atoms with Crippen molar-refractivity contribution in [2.75, 3.05) is 31.7 Å². The fourth-order valence-corrected chi connectivity index (χ4v) is 4.69. The van der Waals surface area contributed by atoms with Crippen LogP contribution in [0, 0.1) is 0 Å². The number of sulfone groups is 1. The van der Waals surface area contributed by atoms with Crippen LogP contribution in [0.2, 0.25) is 0 Å². The Morgan fingerprint density at radius 2 is 2.14 bits per heavy atom. The normalized spacial score (nSPS) is 22.4. The van der Waals surface area contributed by atoms with E-state index in [-0.39, 0.29) is 23.6 Å². The van der Waals surface area contributed by atoms with Crippen LogP contribution in [0.4, 0.5) is 0 Å². The van der Waals surface area contributed by atoms with E-state index in [2.05, 4.69) is 4.90 Å². The lowest BCUT2D eigenvalue weighted by molar-refractivity contribution is 0.187. The zero-order valence-electron chi connectivity index (χ0n) is 12.7. The molecule has 2 atom stereocenters. The molecule has 6 heteroatoms. The summed E-state index contributed by atoms with van der Waals surface area (Å²) in [5.41, 5.74) is 6.98. The van der Waals surface area contributed by atoms with Gasteiger partial charge in [0, 0.05) is 18.2 Å². The average Bonchev–Trinajstić information content (AvgIpc) is 2.82. The van der Waals surface area contributed by atoms with Gasteiger partial charge in [-0.1, -0.05) is 18.2 Å². The first-order chi connectivity index (χ1) is 9.98. The molecule has 1 heterocycles. The first-order valence-electron chi connectivity index (χ1n) is 7.32. The molecule has 0 spiro atoms. The van der Waals surface area contributed by atoms with Gasteiger partial charge in [-0.25, -0.2) is 8.42 Å². The van der Waals surface area contributed by atoms with Gasteiger partial charge in [-0.15, -0.1) is 0 Å². The number of para-hydroxylation sites is 1. The second-order valence-corrected chi connectivity index (χ2v) is 7.67. The smallest absolute Gasteiger partial charge is 0.151 e. The molecule has 1 fully saturated rings. The minimum atomic E-state index is -2.90. The van der Waals surface area contributed by atoms with Crippen LogP contribution in [0.15, 0.2) is 24.3 Å². The van der Waals surface area contributed by atoms with Gasteiger partial charge in [0.2, 0.25) is 0 Å². The maximum Gasteiger partial charge on any atom is 0.151 e. The largest absolute Gasteiger partial charge is 0.494 e. The predicted molar refractivity (Wildman–Crippen MR) is 84.2 cm³/mol. The summed E-state index contributed by atoms with van der Waals surface area (Å²) in [5, 5.41) is 0. The molecule has 5 nitrogen and oxygen atoms in total. The molecule has 21 heavy (non-hydrogen) atoms. The third-order valence-corrected chi connectivity index (χ3v) is 5.83. The van der Waals surface area contributed by atoms with E-state index < -0.39 is 9.84 Å². The molecular formula is C15H24N2O3S. The molecule has 0 aromatic heterocycles. The molecule has 1 aliphatic rings. The average molecular weight is 312 g/mol. The number of hydrogen-bond donors (Lipinski definition) is 1. The summed E-state index contributed by atoms with van der Waals surface area (Å²) < 4.78 is 29.0. The molecule has 2 N–H and O–H groups in total. The molecule has 2 unspecified atom stereocenters. The van der Waals surface area contributed by atoms with E-state index in [9.17, 15) is 8.42 Å². The number of rotatable bonds is 6. The highest BCUT2D eigenvalue weighted by atomic mass is 32.2. The van der Waals surface area contributed by atoms with Crippen molar-refractivity contribution in [3.8, 4) is 5.75 Å². The van der Waals surface area contributed by atoms with Crippen molar-refractivity contribution in [2.24, 2.45) is 5.73 Å². The van der Waals surface area contributed by atoms with Crippen LogP contribution in [-0.2, 0) is 9.84 Å². The lowest BCUT2D eigenvalue weighted by Gasteiger charge is -2.32. The quantitative estimate of drug-likeness (QED) is 0.854. The SMILES string of the molecule is CCOc1ccccc1C(CN)N(C)C1CCS(=O)(=O)C1. The Hall–Kier alpha value is -1.11. The Labute approximate surface area is 127 Å². The first kappa shape index (κ1) is 16.3.